The normalized spacial score (nSPS) is 19.1. The summed E-state index contributed by atoms with van der Waals surface area (Å²) in [5.41, 5.74) is 0.839. The van der Waals surface area contributed by atoms with E-state index in [1.165, 1.54) is 0 Å². The topological polar surface area (TPSA) is 53.6 Å². The van der Waals surface area contributed by atoms with E-state index >= 15 is 0 Å². The van der Waals surface area contributed by atoms with Crippen molar-refractivity contribution in [2.24, 2.45) is 0 Å². The molecule has 1 aliphatic rings. The number of anilines is 1. The van der Waals surface area contributed by atoms with Crippen molar-refractivity contribution in [1.82, 2.24) is 10.2 Å². The zero-order valence-electron chi connectivity index (χ0n) is 11.6. The fourth-order valence-electron chi connectivity index (χ4n) is 2.16. The Morgan fingerprint density at radius 2 is 2.45 bits per heavy atom. The van der Waals surface area contributed by atoms with Crippen LogP contribution < -0.4 is 10.6 Å². The number of nitrogens with one attached hydrogen (secondary N) is 2. The van der Waals surface area contributed by atoms with Gasteiger partial charge in [-0.15, -0.1) is 0 Å². The molecular formula is C14H20IN3O2. The summed E-state index contributed by atoms with van der Waals surface area (Å²) in [7, 11) is 1.94. The first-order chi connectivity index (χ1) is 9.63. The predicted molar refractivity (Wildman–Crippen MR) is 87.9 cm³/mol. The number of halogens is 1. The minimum absolute atomic E-state index is 0.00160. The van der Waals surface area contributed by atoms with E-state index in [1.807, 2.05) is 36.2 Å². The Labute approximate surface area is 133 Å². The molecule has 1 aromatic rings. The number of morpholine rings is 1. The fraction of sp³-hybridized carbons (Fsp3) is 0.500. The Morgan fingerprint density at radius 1 is 1.60 bits per heavy atom. The number of carbonyl (C=O) groups excluding carboxylic acids is 1. The Hall–Kier alpha value is -0.700. The van der Waals surface area contributed by atoms with Gasteiger partial charge in [-0.2, -0.15) is 0 Å². The van der Waals surface area contributed by atoms with Gasteiger partial charge in [0.25, 0.3) is 0 Å². The molecule has 2 N–H and O–H groups in total. The highest BCUT2D eigenvalue weighted by Crippen LogP contribution is 2.12. The summed E-state index contributed by atoms with van der Waals surface area (Å²) in [6.45, 7) is 3.63. The van der Waals surface area contributed by atoms with Gasteiger partial charge in [-0.3, -0.25) is 9.69 Å². The second-order valence-corrected chi connectivity index (χ2v) is 6.20. The van der Waals surface area contributed by atoms with Gasteiger partial charge in [0, 0.05) is 28.9 Å². The molecule has 2 rings (SSSR count). The Balaban J connectivity index is 1.75. The van der Waals surface area contributed by atoms with Crippen LogP contribution in [0, 0.1) is 3.57 Å². The molecule has 1 aromatic carbocycles. The fourth-order valence-corrected chi connectivity index (χ4v) is 2.70. The maximum absolute atomic E-state index is 12.0. The van der Waals surface area contributed by atoms with Gasteiger partial charge in [-0.1, -0.05) is 6.07 Å². The molecule has 1 atom stereocenters. The number of benzene rings is 1. The van der Waals surface area contributed by atoms with E-state index in [2.05, 4.69) is 33.2 Å². The van der Waals surface area contributed by atoms with E-state index in [9.17, 15) is 4.79 Å². The summed E-state index contributed by atoms with van der Waals surface area (Å²) in [4.78, 5) is 14.0. The number of carbonyl (C=O) groups is 1. The number of hydrogen-bond acceptors (Lipinski definition) is 4. The molecule has 6 heteroatoms. The highest BCUT2D eigenvalue weighted by Gasteiger charge is 2.16. The van der Waals surface area contributed by atoms with Gasteiger partial charge in [0.1, 0.15) is 0 Å². The number of nitrogens with zero attached hydrogens (tertiary/aromatic N) is 1. The molecule has 5 nitrogen and oxygen atoms in total. The molecule has 0 aromatic heterocycles. The molecule has 0 bridgehead atoms. The van der Waals surface area contributed by atoms with E-state index in [-0.39, 0.29) is 12.0 Å². The van der Waals surface area contributed by atoms with E-state index in [1.54, 1.807) is 0 Å². The van der Waals surface area contributed by atoms with Crippen molar-refractivity contribution < 1.29 is 9.53 Å². The Kier molecular flexibility index (Phi) is 6.21. The van der Waals surface area contributed by atoms with Gasteiger partial charge in [0.2, 0.25) is 5.91 Å². The average Bonchev–Trinajstić information content (AvgIpc) is 2.39. The minimum Gasteiger partial charge on any atom is -0.374 e. The van der Waals surface area contributed by atoms with Crippen LogP contribution in [-0.2, 0) is 9.53 Å². The van der Waals surface area contributed by atoms with Gasteiger partial charge in [0.15, 0.2) is 0 Å². The van der Waals surface area contributed by atoms with Crippen molar-refractivity contribution in [2.45, 2.75) is 6.10 Å². The van der Waals surface area contributed by atoms with E-state index < -0.39 is 0 Å². The quantitative estimate of drug-likeness (QED) is 0.743. The SMILES string of the molecule is CN(CC(=O)Nc1cccc(I)c1)CC1CNCCO1. The van der Waals surface area contributed by atoms with Crippen molar-refractivity contribution in [3.63, 3.8) is 0 Å². The number of likely N-dealkylation sites (N-methyl/N-ethyl adjacent to an activating group) is 1. The third-order valence-electron chi connectivity index (χ3n) is 3.04. The lowest BCUT2D eigenvalue weighted by atomic mass is 10.3. The van der Waals surface area contributed by atoms with Gasteiger partial charge < -0.3 is 15.4 Å². The molecule has 20 heavy (non-hydrogen) atoms. The maximum Gasteiger partial charge on any atom is 0.238 e. The van der Waals surface area contributed by atoms with E-state index in [4.69, 9.17) is 4.74 Å². The molecule has 1 saturated heterocycles. The largest absolute Gasteiger partial charge is 0.374 e. The zero-order chi connectivity index (χ0) is 14.4. The Bertz CT molecular complexity index is 450. The van der Waals surface area contributed by atoms with Crippen LogP contribution in [0.15, 0.2) is 24.3 Å². The second kappa shape index (κ2) is 7.92. The maximum atomic E-state index is 12.0. The zero-order valence-corrected chi connectivity index (χ0v) is 13.7. The number of rotatable bonds is 5. The molecule has 1 heterocycles. The van der Waals surface area contributed by atoms with Crippen LogP contribution in [0.4, 0.5) is 5.69 Å². The number of amides is 1. The molecule has 1 fully saturated rings. The van der Waals surface area contributed by atoms with Crippen molar-refractivity contribution in [2.75, 3.05) is 45.2 Å². The van der Waals surface area contributed by atoms with Crippen molar-refractivity contribution >= 4 is 34.2 Å². The highest BCUT2D eigenvalue weighted by atomic mass is 127. The second-order valence-electron chi connectivity index (χ2n) is 4.95. The van der Waals surface area contributed by atoms with Crippen LogP contribution in [0.1, 0.15) is 0 Å². The van der Waals surface area contributed by atoms with Gasteiger partial charge >= 0.3 is 0 Å². The smallest absolute Gasteiger partial charge is 0.238 e. The molecule has 1 amide bonds. The van der Waals surface area contributed by atoms with Crippen molar-refractivity contribution in [3.05, 3.63) is 27.8 Å². The van der Waals surface area contributed by atoms with Crippen LogP contribution in [0.2, 0.25) is 0 Å². The first-order valence-corrected chi connectivity index (χ1v) is 7.77. The minimum atomic E-state index is -0.00160. The lowest BCUT2D eigenvalue weighted by Crippen LogP contribution is -2.45. The predicted octanol–water partition coefficient (Wildman–Crippen LogP) is 1.15. The van der Waals surface area contributed by atoms with Gasteiger partial charge in [-0.25, -0.2) is 0 Å². The summed E-state index contributed by atoms with van der Waals surface area (Å²) in [5.74, 6) is -0.00160. The average molecular weight is 389 g/mol. The van der Waals surface area contributed by atoms with Gasteiger partial charge in [0.05, 0.1) is 19.3 Å². The molecular weight excluding hydrogens is 369 g/mol. The molecule has 1 aliphatic heterocycles. The van der Waals surface area contributed by atoms with Crippen LogP contribution in [-0.4, -0.2) is 56.7 Å². The lowest BCUT2D eigenvalue weighted by Gasteiger charge is -2.27. The van der Waals surface area contributed by atoms with Crippen molar-refractivity contribution in [3.8, 4) is 0 Å². The highest BCUT2D eigenvalue weighted by molar-refractivity contribution is 14.1. The third-order valence-corrected chi connectivity index (χ3v) is 3.71. The summed E-state index contributed by atoms with van der Waals surface area (Å²) >= 11 is 2.23. The molecule has 0 aliphatic carbocycles. The Morgan fingerprint density at radius 3 is 3.15 bits per heavy atom. The van der Waals surface area contributed by atoms with E-state index in [0.29, 0.717) is 6.54 Å². The summed E-state index contributed by atoms with van der Waals surface area (Å²) in [6.07, 6.45) is 0.166. The summed E-state index contributed by atoms with van der Waals surface area (Å²) < 4.78 is 6.73. The lowest BCUT2D eigenvalue weighted by molar-refractivity contribution is -0.117. The third kappa shape index (κ3) is 5.35. The van der Waals surface area contributed by atoms with Crippen LogP contribution >= 0.6 is 22.6 Å². The van der Waals surface area contributed by atoms with Gasteiger partial charge in [-0.05, 0) is 47.8 Å². The molecule has 0 spiro atoms. The van der Waals surface area contributed by atoms with E-state index in [0.717, 1.165) is 35.5 Å². The first kappa shape index (κ1) is 15.7. The van der Waals surface area contributed by atoms with Crippen LogP contribution in [0.5, 0.6) is 0 Å². The number of ether oxygens (including phenoxy) is 1. The molecule has 110 valence electrons. The monoisotopic (exact) mass is 389 g/mol. The number of hydrogen-bond donors (Lipinski definition) is 2. The molecule has 0 saturated carbocycles. The van der Waals surface area contributed by atoms with Crippen molar-refractivity contribution in [1.29, 1.82) is 0 Å². The molecule has 0 radical (unpaired) electrons. The molecule has 1 unspecified atom stereocenters. The summed E-state index contributed by atoms with van der Waals surface area (Å²) in [5, 5.41) is 6.20. The standard InChI is InChI=1S/C14H20IN3O2/c1-18(9-13-8-16-5-6-20-13)10-14(19)17-12-4-2-3-11(15)7-12/h2-4,7,13,16H,5-6,8-10H2,1H3,(H,17,19). The first-order valence-electron chi connectivity index (χ1n) is 6.70. The summed E-state index contributed by atoms with van der Waals surface area (Å²) in [6, 6.07) is 7.78. The van der Waals surface area contributed by atoms with Crippen LogP contribution in [0.3, 0.4) is 0 Å². The van der Waals surface area contributed by atoms with Crippen LogP contribution in [0.25, 0.3) is 0 Å².